The molecular weight excluding hydrogens is 340 g/mol. The van der Waals surface area contributed by atoms with E-state index in [4.69, 9.17) is 11.6 Å². The van der Waals surface area contributed by atoms with E-state index < -0.39 is 0 Å². The normalized spacial score (nSPS) is 10.2. The third-order valence-corrected chi connectivity index (χ3v) is 3.76. The van der Waals surface area contributed by atoms with Crippen molar-refractivity contribution < 1.29 is 4.79 Å². The smallest absolute Gasteiger partial charge is 0.319 e. The van der Waals surface area contributed by atoms with Gasteiger partial charge in [-0.05, 0) is 42.3 Å². The Morgan fingerprint density at radius 1 is 1.25 bits per heavy atom. The van der Waals surface area contributed by atoms with Gasteiger partial charge in [0.1, 0.15) is 0 Å². The van der Waals surface area contributed by atoms with Gasteiger partial charge in [0.05, 0.1) is 0 Å². The first-order valence-corrected chi connectivity index (χ1v) is 7.28. The van der Waals surface area contributed by atoms with E-state index in [-0.39, 0.29) is 6.03 Å². The lowest BCUT2D eigenvalue weighted by Gasteiger charge is -2.11. The standard InChI is InChI=1S/C15H14BrClN2O/c1-10-13(17)6-3-7-14(10)19-15(20)18-9-11-4-2-5-12(16)8-11/h2-8H,9H2,1H3,(H2,18,19,20). The van der Waals surface area contributed by atoms with Crippen LogP contribution >= 0.6 is 27.5 Å². The van der Waals surface area contributed by atoms with E-state index in [1.165, 1.54) is 0 Å². The minimum absolute atomic E-state index is 0.254. The summed E-state index contributed by atoms with van der Waals surface area (Å²) < 4.78 is 0.989. The quantitative estimate of drug-likeness (QED) is 0.822. The number of hydrogen-bond donors (Lipinski definition) is 2. The molecule has 5 heteroatoms. The van der Waals surface area contributed by atoms with Gasteiger partial charge in [-0.3, -0.25) is 0 Å². The maximum Gasteiger partial charge on any atom is 0.319 e. The molecule has 2 aromatic rings. The molecule has 0 bridgehead atoms. The predicted octanol–water partition coefficient (Wildman–Crippen LogP) is 4.73. The molecule has 2 N–H and O–H groups in total. The van der Waals surface area contributed by atoms with Gasteiger partial charge in [0, 0.05) is 21.7 Å². The van der Waals surface area contributed by atoms with Gasteiger partial charge in [-0.2, -0.15) is 0 Å². The Morgan fingerprint density at radius 2 is 2.00 bits per heavy atom. The molecule has 2 amide bonds. The summed E-state index contributed by atoms with van der Waals surface area (Å²) in [5.74, 6) is 0. The molecule has 0 heterocycles. The number of amides is 2. The first-order valence-electron chi connectivity index (χ1n) is 6.10. The summed E-state index contributed by atoms with van der Waals surface area (Å²) in [6.07, 6.45) is 0. The highest BCUT2D eigenvalue weighted by Crippen LogP contribution is 2.22. The number of anilines is 1. The van der Waals surface area contributed by atoms with E-state index in [0.717, 1.165) is 15.6 Å². The van der Waals surface area contributed by atoms with Crippen molar-refractivity contribution in [2.24, 2.45) is 0 Å². The summed E-state index contributed by atoms with van der Waals surface area (Å²) in [5, 5.41) is 6.23. The fraction of sp³-hybridized carbons (Fsp3) is 0.133. The van der Waals surface area contributed by atoms with Gasteiger partial charge in [0.2, 0.25) is 0 Å². The van der Waals surface area contributed by atoms with E-state index in [2.05, 4.69) is 26.6 Å². The van der Waals surface area contributed by atoms with E-state index >= 15 is 0 Å². The number of carbonyl (C=O) groups is 1. The molecule has 0 saturated heterocycles. The number of nitrogens with one attached hydrogen (secondary N) is 2. The van der Waals surface area contributed by atoms with Crippen LogP contribution in [0.15, 0.2) is 46.9 Å². The van der Waals surface area contributed by atoms with Crippen LogP contribution in [0.5, 0.6) is 0 Å². The Morgan fingerprint density at radius 3 is 2.75 bits per heavy atom. The second-order valence-electron chi connectivity index (χ2n) is 4.35. The Labute approximate surface area is 131 Å². The number of benzene rings is 2. The molecule has 2 rings (SSSR count). The number of carbonyl (C=O) groups excluding carboxylic acids is 1. The molecular formula is C15H14BrClN2O. The van der Waals surface area contributed by atoms with Gasteiger partial charge in [0.25, 0.3) is 0 Å². The van der Waals surface area contributed by atoms with E-state index in [9.17, 15) is 4.79 Å². The Balaban J connectivity index is 1.94. The lowest BCUT2D eigenvalue weighted by molar-refractivity contribution is 0.251. The summed E-state index contributed by atoms with van der Waals surface area (Å²) in [6, 6.07) is 13.0. The van der Waals surface area contributed by atoms with Crippen molar-refractivity contribution in [3.8, 4) is 0 Å². The fourth-order valence-corrected chi connectivity index (χ4v) is 2.36. The SMILES string of the molecule is Cc1c(Cl)cccc1NC(=O)NCc1cccc(Br)c1. The molecule has 0 aliphatic carbocycles. The Bertz CT molecular complexity index is 631. The Kier molecular flexibility index (Phi) is 5.04. The summed E-state index contributed by atoms with van der Waals surface area (Å²) in [6.45, 7) is 2.33. The highest BCUT2D eigenvalue weighted by atomic mass is 79.9. The second-order valence-corrected chi connectivity index (χ2v) is 5.67. The van der Waals surface area contributed by atoms with Crippen LogP contribution in [0.2, 0.25) is 5.02 Å². The first-order chi connectivity index (χ1) is 9.56. The molecule has 20 heavy (non-hydrogen) atoms. The summed E-state index contributed by atoms with van der Waals surface area (Å²) in [4.78, 5) is 11.9. The monoisotopic (exact) mass is 352 g/mol. The average molecular weight is 354 g/mol. The van der Waals surface area contributed by atoms with Gasteiger partial charge < -0.3 is 10.6 Å². The van der Waals surface area contributed by atoms with Crippen molar-refractivity contribution in [1.29, 1.82) is 0 Å². The van der Waals surface area contributed by atoms with E-state index in [1.807, 2.05) is 37.3 Å². The van der Waals surface area contributed by atoms with Crippen molar-refractivity contribution in [3.63, 3.8) is 0 Å². The van der Waals surface area contributed by atoms with Crippen LogP contribution < -0.4 is 10.6 Å². The van der Waals surface area contributed by atoms with Gasteiger partial charge in [-0.1, -0.05) is 45.7 Å². The molecule has 0 aliphatic rings. The molecule has 0 saturated carbocycles. The molecule has 0 unspecified atom stereocenters. The van der Waals surface area contributed by atoms with Crippen molar-refractivity contribution >= 4 is 39.2 Å². The number of hydrogen-bond acceptors (Lipinski definition) is 1. The van der Waals surface area contributed by atoms with Crippen LogP contribution in [-0.4, -0.2) is 6.03 Å². The Hall–Kier alpha value is -1.52. The van der Waals surface area contributed by atoms with Crippen LogP contribution in [0.3, 0.4) is 0 Å². The molecule has 0 radical (unpaired) electrons. The van der Waals surface area contributed by atoms with E-state index in [1.54, 1.807) is 12.1 Å². The first kappa shape index (κ1) is 14.9. The largest absolute Gasteiger partial charge is 0.334 e. The maximum atomic E-state index is 11.9. The van der Waals surface area contributed by atoms with E-state index in [0.29, 0.717) is 17.3 Å². The van der Waals surface area contributed by atoms with Gasteiger partial charge in [0.15, 0.2) is 0 Å². The van der Waals surface area contributed by atoms with Gasteiger partial charge in [-0.25, -0.2) is 4.79 Å². The van der Waals surface area contributed by atoms with Gasteiger partial charge >= 0.3 is 6.03 Å². The molecule has 2 aromatic carbocycles. The topological polar surface area (TPSA) is 41.1 Å². The highest BCUT2D eigenvalue weighted by Gasteiger charge is 2.06. The molecule has 0 spiro atoms. The summed E-state index contributed by atoms with van der Waals surface area (Å²) in [7, 11) is 0. The third kappa shape index (κ3) is 3.99. The zero-order valence-corrected chi connectivity index (χ0v) is 13.3. The lowest BCUT2D eigenvalue weighted by atomic mass is 10.2. The van der Waals surface area contributed by atoms with Crippen molar-refractivity contribution in [2.75, 3.05) is 5.32 Å². The predicted molar refractivity (Wildman–Crippen MR) is 86.2 cm³/mol. The van der Waals surface area contributed by atoms with Crippen molar-refractivity contribution in [3.05, 3.63) is 63.1 Å². The molecule has 104 valence electrons. The molecule has 0 atom stereocenters. The van der Waals surface area contributed by atoms with Gasteiger partial charge in [-0.15, -0.1) is 0 Å². The zero-order valence-electron chi connectivity index (χ0n) is 10.9. The van der Waals surface area contributed by atoms with Crippen LogP contribution in [0, 0.1) is 6.92 Å². The minimum Gasteiger partial charge on any atom is -0.334 e. The molecule has 0 aliphatic heterocycles. The third-order valence-electron chi connectivity index (χ3n) is 2.86. The van der Waals surface area contributed by atoms with Crippen molar-refractivity contribution in [1.82, 2.24) is 5.32 Å². The fourth-order valence-electron chi connectivity index (χ4n) is 1.74. The van der Waals surface area contributed by atoms with Crippen LogP contribution in [0.25, 0.3) is 0 Å². The minimum atomic E-state index is -0.254. The van der Waals surface area contributed by atoms with Crippen LogP contribution in [0.1, 0.15) is 11.1 Å². The van der Waals surface area contributed by atoms with Crippen LogP contribution in [0.4, 0.5) is 10.5 Å². The van der Waals surface area contributed by atoms with Crippen LogP contribution in [-0.2, 0) is 6.54 Å². The number of halogens is 2. The van der Waals surface area contributed by atoms with Crippen molar-refractivity contribution in [2.45, 2.75) is 13.5 Å². The molecule has 0 aromatic heterocycles. The number of rotatable bonds is 3. The molecule has 3 nitrogen and oxygen atoms in total. The average Bonchev–Trinajstić information content (AvgIpc) is 2.42. The highest BCUT2D eigenvalue weighted by molar-refractivity contribution is 9.10. The lowest BCUT2D eigenvalue weighted by Crippen LogP contribution is -2.28. The maximum absolute atomic E-state index is 11.9. The zero-order chi connectivity index (χ0) is 14.5. The molecule has 0 fully saturated rings. The second kappa shape index (κ2) is 6.77. The summed E-state index contributed by atoms with van der Waals surface area (Å²) >= 11 is 9.41. The number of urea groups is 1. The summed E-state index contributed by atoms with van der Waals surface area (Å²) in [5.41, 5.74) is 2.59.